The Kier molecular flexibility index (Phi) is 5.24. The number of carboxylic acids is 1. The minimum atomic E-state index is -3.64. The van der Waals surface area contributed by atoms with Crippen molar-refractivity contribution in [2.24, 2.45) is 5.92 Å². The van der Waals surface area contributed by atoms with Crippen LogP contribution in [-0.2, 0) is 15.0 Å². The molecular weight excluding hydrogens is 296 g/mol. The molecule has 0 aromatic carbocycles. The van der Waals surface area contributed by atoms with E-state index in [1.54, 1.807) is 0 Å². The highest BCUT2D eigenvalue weighted by atomic mass is 32.2. The lowest BCUT2D eigenvalue weighted by Gasteiger charge is -2.34. The van der Waals surface area contributed by atoms with Gasteiger partial charge in [-0.3, -0.25) is 4.79 Å². The average Bonchev–Trinajstić information content (AvgIpc) is 2.46. The van der Waals surface area contributed by atoms with Crippen LogP contribution >= 0.6 is 0 Å². The summed E-state index contributed by atoms with van der Waals surface area (Å²) in [6, 6.07) is 0. The molecule has 2 fully saturated rings. The largest absolute Gasteiger partial charge is 0.481 e. The van der Waals surface area contributed by atoms with Crippen molar-refractivity contribution in [2.75, 3.05) is 19.6 Å². The van der Waals surface area contributed by atoms with Crippen LogP contribution < -0.4 is 4.72 Å². The van der Waals surface area contributed by atoms with Gasteiger partial charge in [0.15, 0.2) is 0 Å². The summed E-state index contributed by atoms with van der Waals surface area (Å²) in [5.74, 6) is -1.32. The van der Waals surface area contributed by atoms with Crippen LogP contribution in [0, 0.1) is 5.92 Å². The zero-order valence-corrected chi connectivity index (χ0v) is 12.9. The minimum absolute atomic E-state index is 0.0359. The highest BCUT2D eigenvalue weighted by molar-refractivity contribution is 7.87. The first-order chi connectivity index (χ1) is 9.82. The number of hydrogen-bond acceptors (Lipinski definition) is 4. The fraction of sp³-hybridized carbons (Fsp3) is 0.923. The quantitative estimate of drug-likeness (QED) is 0.676. The smallest absolute Gasteiger partial charge is 0.306 e. The Bertz CT molecular complexity index is 465. The normalized spacial score (nSPS) is 24.8. The molecule has 0 aromatic heterocycles. The van der Waals surface area contributed by atoms with Crippen molar-refractivity contribution in [2.45, 2.75) is 50.5 Å². The molecule has 1 aliphatic heterocycles. The van der Waals surface area contributed by atoms with Crippen molar-refractivity contribution >= 4 is 16.2 Å². The average molecular weight is 320 g/mol. The summed E-state index contributed by atoms with van der Waals surface area (Å²) in [5, 5.41) is 19.2. The van der Waals surface area contributed by atoms with E-state index in [4.69, 9.17) is 5.11 Å². The molecule has 1 saturated heterocycles. The van der Waals surface area contributed by atoms with Gasteiger partial charge in [-0.25, -0.2) is 0 Å². The lowest BCUT2D eigenvalue weighted by atomic mass is 9.85. The fourth-order valence-corrected chi connectivity index (χ4v) is 4.37. The first kappa shape index (κ1) is 16.7. The number of piperidine rings is 1. The predicted molar refractivity (Wildman–Crippen MR) is 76.9 cm³/mol. The molecule has 7 nitrogen and oxygen atoms in total. The Balaban J connectivity index is 1.86. The Labute approximate surface area is 125 Å². The highest BCUT2D eigenvalue weighted by Crippen LogP contribution is 2.27. The summed E-state index contributed by atoms with van der Waals surface area (Å²) in [6.07, 6.45) is 4.83. The van der Waals surface area contributed by atoms with Crippen molar-refractivity contribution in [1.29, 1.82) is 0 Å². The maximum absolute atomic E-state index is 12.2. The molecule has 1 aliphatic carbocycles. The van der Waals surface area contributed by atoms with Gasteiger partial charge in [-0.2, -0.15) is 17.4 Å². The van der Waals surface area contributed by atoms with Gasteiger partial charge >= 0.3 is 5.97 Å². The Morgan fingerprint density at radius 2 is 1.76 bits per heavy atom. The molecule has 1 saturated carbocycles. The van der Waals surface area contributed by atoms with Gasteiger partial charge in [0, 0.05) is 19.6 Å². The van der Waals surface area contributed by atoms with Gasteiger partial charge in [0.05, 0.1) is 11.5 Å². The van der Waals surface area contributed by atoms with Gasteiger partial charge in [-0.05, 0) is 25.7 Å². The van der Waals surface area contributed by atoms with E-state index in [1.165, 1.54) is 4.31 Å². The van der Waals surface area contributed by atoms with E-state index in [-0.39, 0.29) is 19.6 Å². The lowest BCUT2D eigenvalue weighted by Crippen LogP contribution is -2.51. The Morgan fingerprint density at radius 1 is 1.19 bits per heavy atom. The summed E-state index contributed by atoms with van der Waals surface area (Å²) in [7, 11) is -3.64. The van der Waals surface area contributed by atoms with Crippen molar-refractivity contribution in [3.05, 3.63) is 0 Å². The van der Waals surface area contributed by atoms with Crippen LogP contribution in [0.4, 0.5) is 0 Å². The first-order valence-corrected chi connectivity index (χ1v) is 8.96. The van der Waals surface area contributed by atoms with Gasteiger partial charge in [0.2, 0.25) is 0 Å². The van der Waals surface area contributed by atoms with Gasteiger partial charge in [-0.15, -0.1) is 0 Å². The van der Waals surface area contributed by atoms with E-state index in [1.807, 2.05) is 0 Å². The molecule has 2 rings (SSSR count). The van der Waals surface area contributed by atoms with Crippen molar-refractivity contribution in [3.8, 4) is 0 Å². The van der Waals surface area contributed by atoms with Crippen LogP contribution in [0.5, 0.6) is 0 Å². The molecule has 8 heteroatoms. The van der Waals surface area contributed by atoms with E-state index in [0.29, 0.717) is 25.7 Å². The van der Waals surface area contributed by atoms with E-state index in [0.717, 1.165) is 19.3 Å². The predicted octanol–water partition coefficient (Wildman–Crippen LogP) is 0.313. The summed E-state index contributed by atoms with van der Waals surface area (Å²) in [4.78, 5) is 10.9. The number of hydrogen-bond donors (Lipinski definition) is 3. The van der Waals surface area contributed by atoms with E-state index >= 15 is 0 Å². The third kappa shape index (κ3) is 4.38. The number of rotatable bonds is 5. The highest BCUT2D eigenvalue weighted by Gasteiger charge is 2.34. The fourth-order valence-electron chi connectivity index (χ4n) is 3.05. The molecule has 1 heterocycles. The molecule has 0 aromatic rings. The van der Waals surface area contributed by atoms with Gasteiger partial charge in [-0.1, -0.05) is 19.3 Å². The number of nitrogens with one attached hydrogen (secondary N) is 1. The molecule has 21 heavy (non-hydrogen) atoms. The summed E-state index contributed by atoms with van der Waals surface area (Å²) >= 11 is 0. The molecule has 0 spiro atoms. The number of carbonyl (C=O) groups is 1. The monoisotopic (exact) mass is 320 g/mol. The molecule has 0 radical (unpaired) electrons. The molecule has 0 amide bonds. The molecule has 0 bridgehead atoms. The second-order valence-electron chi connectivity index (χ2n) is 6.12. The van der Waals surface area contributed by atoms with Gasteiger partial charge < -0.3 is 10.2 Å². The lowest BCUT2D eigenvalue weighted by molar-refractivity contribution is -0.142. The van der Waals surface area contributed by atoms with Gasteiger partial charge in [0.25, 0.3) is 10.2 Å². The second-order valence-corrected chi connectivity index (χ2v) is 7.88. The standard InChI is InChI=1S/C13H24N2O5S/c16-12(17)11-4-8-15(9-5-11)21(19,20)14-10-13(18)6-2-1-3-7-13/h11,14,18H,1-10H2,(H,16,17). The molecular formula is C13H24N2O5S. The van der Waals surface area contributed by atoms with Crippen LogP contribution in [0.1, 0.15) is 44.9 Å². The molecule has 122 valence electrons. The summed E-state index contributed by atoms with van der Waals surface area (Å²) in [6.45, 7) is 0.462. The third-order valence-electron chi connectivity index (χ3n) is 4.51. The first-order valence-electron chi connectivity index (χ1n) is 7.52. The van der Waals surface area contributed by atoms with Crippen LogP contribution in [0.15, 0.2) is 0 Å². The van der Waals surface area contributed by atoms with Crippen LogP contribution in [0.2, 0.25) is 0 Å². The molecule has 0 atom stereocenters. The number of nitrogens with zero attached hydrogens (tertiary/aromatic N) is 1. The third-order valence-corrected chi connectivity index (χ3v) is 6.07. The zero-order chi connectivity index (χ0) is 15.5. The topological polar surface area (TPSA) is 107 Å². The molecule has 2 aliphatic rings. The number of carboxylic acid groups (broad SMARTS) is 1. The Morgan fingerprint density at radius 3 is 2.29 bits per heavy atom. The van der Waals surface area contributed by atoms with Crippen LogP contribution in [0.3, 0.4) is 0 Å². The summed E-state index contributed by atoms with van der Waals surface area (Å²) < 4.78 is 28.2. The number of aliphatic hydroxyl groups is 1. The maximum atomic E-state index is 12.2. The minimum Gasteiger partial charge on any atom is -0.481 e. The van der Waals surface area contributed by atoms with Crippen LogP contribution in [0.25, 0.3) is 0 Å². The molecule has 3 N–H and O–H groups in total. The molecule has 0 unspecified atom stereocenters. The van der Waals surface area contributed by atoms with Crippen molar-refractivity contribution in [3.63, 3.8) is 0 Å². The maximum Gasteiger partial charge on any atom is 0.306 e. The van der Waals surface area contributed by atoms with E-state index in [9.17, 15) is 18.3 Å². The van der Waals surface area contributed by atoms with Gasteiger partial charge in [0.1, 0.15) is 0 Å². The van der Waals surface area contributed by atoms with E-state index < -0.39 is 27.7 Å². The second kappa shape index (κ2) is 6.60. The SMILES string of the molecule is O=C(O)C1CCN(S(=O)(=O)NCC2(O)CCCCC2)CC1. The summed E-state index contributed by atoms with van der Waals surface area (Å²) in [5.41, 5.74) is -0.940. The van der Waals surface area contributed by atoms with Crippen molar-refractivity contribution < 1.29 is 23.4 Å². The Hall–Kier alpha value is -0.700. The van der Waals surface area contributed by atoms with E-state index in [2.05, 4.69) is 4.72 Å². The zero-order valence-electron chi connectivity index (χ0n) is 12.1. The van der Waals surface area contributed by atoms with Crippen molar-refractivity contribution in [1.82, 2.24) is 9.03 Å². The number of aliphatic carboxylic acids is 1. The van der Waals surface area contributed by atoms with Crippen LogP contribution in [-0.4, -0.2) is 54.1 Å².